The Balaban J connectivity index is 1.94. The largest absolute Gasteiger partial charge is 0.466 e. The van der Waals surface area contributed by atoms with Crippen LogP contribution in [0.25, 0.3) is 0 Å². The first kappa shape index (κ1) is 20.5. The molecule has 1 aromatic carbocycles. The maximum Gasteiger partial charge on any atom is 0.410 e. The van der Waals surface area contributed by atoms with Gasteiger partial charge in [-0.05, 0) is 57.4 Å². The Labute approximate surface area is 162 Å². The van der Waals surface area contributed by atoms with Gasteiger partial charge in [-0.3, -0.25) is 4.79 Å². The third-order valence-corrected chi connectivity index (χ3v) is 5.03. The average molecular weight is 397 g/mol. The molecule has 0 N–H and O–H groups in total. The van der Waals surface area contributed by atoms with Crippen molar-refractivity contribution >= 4 is 12.1 Å². The molecule has 6 nitrogen and oxygen atoms in total. The summed E-state index contributed by atoms with van der Waals surface area (Å²) in [4.78, 5) is 26.6. The number of amides is 1. The number of piperidine rings is 1. The number of hydrogen-bond acceptors (Lipinski definition) is 5. The Morgan fingerprint density at radius 3 is 2.61 bits per heavy atom. The Bertz CT molecular complexity index is 792. The second-order valence-corrected chi connectivity index (χ2v) is 8.08. The van der Waals surface area contributed by atoms with E-state index in [1.54, 1.807) is 27.7 Å². The lowest BCUT2D eigenvalue weighted by Gasteiger charge is -2.44. The van der Waals surface area contributed by atoms with Crippen molar-refractivity contribution in [3.05, 3.63) is 34.9 Å². The Kier molecular flexibility index (Phi) is 5.36. The molecule has 1 fully saturated rings. The number of carbonyl (C=O) groups excluding carboxylic acids is 2. The normalized spacial score (nSPS) is 24.2. The minimum atomic E-state index is -1.16. The van der Waals surface area contributed by atoms with Crippen LogP contribution in [-0.4, -0.2) is 42.3 Å². The molecule has 0 aliphatic carbocycles. The van der Waals surface area contributed by atoms with Crippen molar-refractivity contribution in [2.45, 2.75) is 51.9 Å². The minimum absolute atomic E-state index is 0.00613. The van der Waals surface area contributed by atoms with Crippen molar-refractivity contribution in [1.82, 2.24) is 4.90 Å². The van der Waals surface area contributed by atoms with Gasteiger partial charge >= 0.3 is 12.1 Å². The molecule has 0 bridgehead atoms. The molecule has 2 heterocycles. The van der Waals surface area contributed by atoms with Crippen LogP contribution in [0.3, 0.4) is 0 Å². The standard InChI is InChI=1S/C20H25F2NO5/c1-5-26-17(24)14-10-23(18(25)28-19(2,3)4)7-6-20(14)13-9-16(22)15(21)8-12(13)11-27-20/h8-9,14H,5-7,10-11H2,1-4H3/t14-,20+/m1/s1. The predicted octanol–water partition coefficient (Wildman–Crippen LogP) is 3.51. The van der Waals surface area contributed by atoms with Crippen LogP contribution in [0.1, 0.15) is 45.2 Å². The van der Waals surface area contributed by atoms with Crippen LogP contribution < -0.4 is 0 Å². The molecule has 28 heavy (non-hydrogen) atoms. The van der Waals surface area contributed by atoms with Gasteiger partial charge in [-0.2, -0.15) is 0 Å². The predicted molar refractivity (Wildman–Crippen MR) is 95.4 cm³/mol. The van der Waals surface area contributed by atoms with Crippen molar-refractivity contribution in [1.29, 1.82) is 0 Å². The van der Waals surface area contributed by atoms with Crippen molar-refractivity contribution in [2.75, 3.05) is 19.7 Å². The molecular weight excluding hydrogens is 372 g/mol. The maximum atomic E-state index is 13.9. The first-order valence-electron chi connectivity index (χ1n) is 9.34. The Morgan fingerprint density at radius 1 is 1.29 bits per heavy atom. The van der Waals surface area contributed by atoms with Gasteiger partial charge in [-0.1, -0.05) is 0 Å². The fourth-order valence-corrected chi connectivity index (χ4v) is 3.82. The minimum Gasteiger partial charge on any atom is -0.466 e. The summed E-state index contributed by atoms with van der Waals surface area (Å²) in [5.41, 5.74) is -0.899. The SMILES string of the molecule is CCOC(=O)[C@H]1CN(C(=O)OC(C)(C)C)CC[C@@]12OCc1cc(F)c(F)cc12. The van der Waals surface area contributed by atoms with E-state index in [9.17, 15) is 18.4 Å². The smallest absolute Gasteiger partial charge is 0.410 e. The first-order valence-corrected chi connectivity index (χ1v) is 9.34. The van der Waals surface area contributed by atoms with E-state index in [0.717, 1.165) is 12.1 Å². The van der Waals surface area contributed by atoms with Gasteiger partial charge in [-0.25, -0.2) is 13.6 Å². The van der Waals surface area contributed by atoms with Gasteiger partial charge in [0, 0.05) is 13.1 Å². The molecule has 0 radical (unpaired) electrons. The average Bonchev–Trinajstić information content (AvgIpc) is 2.92. The van der Waals surface area contributed by atoms with Gasteiger partial charge < -0.3 is 19.1 Å². The van der Waals surface area contributed by atoms with Gasteiger partial charge in [0.25, 0.3) is 0 Å². The highest BCUT2D eigenvalue weighted by Crippen LogP contribution is 2.48. The summed E-state index contributed by atoms with van der Waals surface area (Å²) in [5.74, 6) is -3.38. The maximum absolute atomic E-state index is 13.9. The molecule has 0 unspecified atom stereocenters. The number of carbonyl (C=O) groups is 2. The van der Waals surface area contributed by atoms with E-state index >= 15 is 0 Å². The van der Waals surface area contributed by atoms with Crippen molar-refractivity contribution in [3.63, 3.8) is 0 Å². The molecule has 3 rings (SSSR count). The van der Waals surface area contributed by atoms with Crippen molar-refractivity contribution in [3.8, 4) is 0 Å². The quantitative estimate of drug-likeness (QED) is 0.715. The number of rotatable bonds is 2. The number of ether oxygens (including phenoxy) is 3. The third-order valence-electron chi connectivity index (χ3n) is 5.03. The number of esters is 1. The molecule has 1 amide bonds. The van der Waals surface area contributed by atoms with E-state index in [0.29, 0.717) is 11.1 Å². The summed E-state index contributed by atoms with van der Waals surface area (Å²) >= 11 is 0. The van der Waals surface area contributed by atoms with Crippen LogP contribution in [0.2, 0.25) is 0 Å². The number of likely N-dealkylation sites (tertiary alicyclic amines) is 1. The van der Waals surface area contributed by atoms with Crippen molar-refractivity contribution < 1.29 is 32.6 Å². The van der Waals surface area contributed by atoms with E-state index in [-0.39, 0.29) is 32.7 Å². The van der Waals surface area contributed by atoms with Crippen LogP contribution in [0.5, 0.6) is 0 Å². The first-order chi connectivity index (χ1) is 13.1. The number of fused-ring (bicyclic) bond motifs is 2. The van der Waals surface area contributed by atoms with Crippen molar-refractivity contribution in [2.24, 2.45) is 5.92 Å². The van der Waals surface area contributed by atoms with Gasteiger partial charge in [0.05, 0.1) is 13.2 Å². The molecular formula is C20H25F2NO5. The van der Waals surface area contributed by atoms with Gasteiger partial charge in [-0.15, -0.1) is 0 Å². The second-order valence-electron chi connectivity index (χ2n) is 8.08. The van der Waals surface area contributed by atoms with Crippen LogP contribution >= 0.6 is 0 Å². The fraction of sp³-hybridized carbons (Fsp3) is 0.600. The lowest BCUT2D eigenvalue weighted by Crippen LogP contribution is -2.55. The van der Waals surface area contributed by atoms with Crippen LogP contribution in [-0.2, 0) is 31.2 Å². The summed E-state index contributed by atoms with van der Waals surface area (Å²) < 4.78 is 44.2. The summed E-state index contributed by atoms with van der Waals surface area (Å²) in [5, 5.41) is 0. The van der Waals surface area contributed by atoms with E-state index < -0.39 is 40.8 Å². The molecule has 0 saturated carbocycles. The zero-order valence-corrected chi connectivity index (χ0v) is 16.5. The molecule has 1 aromatic rings. The topological polar surface area (TPSA) is 65.1 Å². The Morgan fingerprint density at radius 2 is 1.96 bits per heavy atom. The van der Waals surface area contributed by atoms with Crippen LogP contribution in [0.15, 0.2) is 12.1 Å². The lowest BCUT2D eigenvalue weighted by molar-refractivity contribution is -0.173. The summed E-state index contributed by atoms with van der Waals surface area (Å²) in [6, 6.07) is 2.19. The zero-order valence-electron chi connectivity index (χ0n) is 16.5. The summed E-state index contributed by atoms with van der Waals surface area (Å²) in [6.45, 7) is 7.43. The van der Waals surface area contributed by atoms with Crippen LogP contribution in [0, 0.1) is 17.6 Å². The zero-order chi connectivity index (χ0) is 20.7. The summed E-state index contributed by atoms with van der Waals surface area (Å²) in [7, 11) is 0. The highest BCUT2D eigenvalue weighted by Gasteiger charge is 2.54. The third kappa shape index (κ3) is 3.70. The van der Waals surface area contributed by atoms with Gasteiger partial charge in [0.1, 0.15) is 17.1 Å². The van der Waals surface area contributed by atoms with Gasteiger partial charge in [0.15, 0.2) is 11.6 Å². The molecule has 154 valence electrons. The lowest BCUT2D eigenvalue weighted by atomic mass is 9.75. The highest BCUT2D eigenvalue weighted by molar-refractivity contribution is 5.77. The highest BCUT2D eigenvalue weighted by atomic mass is 19.2. The number of hydrogen-bond donors (Lipinski definition) is 0. The second kappa shape index (κ2) is 7.31. The molecule has 8 heteroatoms. The van der Waals surface area contributed by atoms with Crippen LogP contribution in [0.4, 0.5) is 13.6 Å². The fourth-order valence-electron chi connectivity index (χ4n) is 3.82. The number of nitrogens with zero attached hydrogens (tertiary/aromatic N) is 1. The van der Waals surface area contributed by atoms with E-state index in [1.165, 1.54) is 4.90 Å². The molecule has 1 spiro atoms. The molecule has 2 atom stereocenters. The van der Waals surface area contributed by atoms with E-state index in [4.69, 9.17) is 14.2 Å². The van der Waals surface area contributed by atoms with Gasteiger partial charge in [0.2, 0.25) is 0 Å². The monoisotopic (exact) mass is 397 g/mol. The Hall–Kier alpha value is -2.22. The molecule has 0 aromatic heterocycles. The molecule has 1 saturated heterocycles. The number of benzene rings is 1. The van der Waals surface area contributed by atoms with E-state index in [2.05, 4.69) is 0 Å². The molecule has 2 aliphatic heterocycles. The number of halogens is 2. The van der Waals surface area contributed by atoms with E-state index in [1.807, 2.05) is 0 Å². The summed E-state index contributed by atoms with van der Waals surface area (Å²) in [6.07, 6.45) is -0.298. The molecule has 2 aliphatic rings.